The second kappa shape index (κ2) is 8.14. The summed E-state index contributed by atoms with van der Waals surface area (Å²) in [4.78, 5) is 28.1. The highest BCUT2D eigenvalue weighted by Gasteiger charge is 2.46. The third-order valence-electron chi connectivity index (χ3n) is 6.26. The Morgan fingerprint density at radius 2 is 1.66 bits per heavy atom. The number of sulfonamides is 1. The van der Waals surface area contributed by atoms with Crippen molar-refractivity contribution in [2.75, 3.05) is 44.3 Å². The number of piperidine rings is 1. The number of hydrogen-bond acceptors (Lipinski definition) is 5. The molecular weight excluding hydrogens is 394 g/mol. The van der Waals surface area contributed by atoms with Crippen molar-refractivity contribution in [3.63, 3.8) is 0 Å². The van der Waals surface area contributed by atoms with E-state index in [2.05, 4.69) is 6.92 Å². The Labute approximate surface area is 171 Å². The van der Waals surface area contributed by atoms with Gasteiger partial charge in [-0.1, -0.05) is 6.92 Å². The molecule has 158 valence electrons. The number of carbonyl (C=O) groups is 2. The highest BCUT2D eigenvalue weighted by Crippen LogP contribution is 2.25. The molecule has 1 N–H and O–H groups in total. The number of benzene rings is 1. The second-order valence-electron chi connectivity index (χ2n) is 8.18. The molecule has 0 saturated carbocycles. The molecule has 3 saturated heterocycles. The molecule has 3 aliphatic heterocycles. The van der Waals surface area contributed by atoms with E-state index in [1.807, 2.05) is 0 Å². The van der Waals surface area contributed by atoms with Crippen molar-refractivity contribution < 1.29 is 27.6 Å². The quantitative estimate of drug-likeness (QED) is 0.671. The van der Waals surface area contributed by atoms with E-state index in [-0.39, 0.29) is 29.2 Å². The highest BCUT2D eigenvalue weighted by atomic mass is 32.2. The molecule has 3 heterocycles. The minimum absolute atomic E-state index is 0.162. The smallest absolute Gasteiger partial charge is 0.292 e. The summed E-state index contributed by atoms with van der Waals surface area (Å²) in [5.41, 5.74) is 0.438. The number of nitrogens with zero attached hydrogens (tertiary/aromatic N) is 2. The standard InChI is InChI=1S/C20H27N3O5S/c1-15-6-8-21(9-7-15)18-14-19(24)23(20(18)25)16-2-4-17(5-3-16)29(26,27)22-10-12-28-13-11-22/h2-5,15,18H,6-14H2,1H3/p+1/t18-/m1/s1. The minimum Gasteiger partial charge on any atom is -0.379 e. The van der Waals surface area contributed by atoms with Crippen LogP contribution >= 0.6 is 0 Å². The number of ether oxygens (including phenoxy) is 1. The van der Waals surface area contributed by atoms with Gasteiger partial charge in [-0.25, -0.2) is 13.3 Å². The first-order valence-corrected chi connectivity index (χ1v) is 11.7. The SMILES string of the molecule is CC1CC[NH+]([C@@H]2CC(=O)N(c3ccc(S(=O)(=O)N4CCOCC4)cc3)C2=O)CC1. The Balaban J connectivity index is 1.50. The molecular formula is C20H28N3O5S+. The molecule has 29 heavy (non-hydrogen) atoms. The van der Waals surface area contributed by atoms with E-state index in [0.717, 1.165) is 25.9 Å². The maximum atomic E-state index is 13.0. The largest absolute Gasteiger partial charge is 0.379 e. The van der Waals surface area contributed by atoms with Gasteiger partial charge in [-0.2, -0.15) is 4.31 Å². The van der Waals surface area contributed by atoms with E-state index in [9.17, 15) is 18.0 Å². The predicted octanol–water partition coefficient (Wildman–Crippen LogP) is -0.346. The lowest BCUT2D eigenvalue weighted by atomic mass is 9.97. The van der Waals surface area contributed by atoms with Gasteiger partial charge >= 0.3 is 0 Å². The van der Waals surface area contributed by atoms with Gasteiger partial charge in [-0.3, -0.25) is 9.59 Å². The van der Waals surface area contributed by atoms with Gasteiger partial charge in [0, 0.05) is 13.1 Å². The first-order chi connectivity index (χ1) is 13.9. The zero-order valence-electron chi connectivity index (χ0n) is 16.7. The van der Waals surface area contributed by atoms with Gasteiger partial charge in [0.05, 0.1) is 43.3 Å². The number of rotatable bonds is 4. The van der Waals surface area contributed by atoms with Gasteiger partial charge in [-0.05, 0) is 43.0 Å². The third kappa shape index (κ3) is 3.96. The molecule has 9 heteroatoms. The number of carbonyl (C=O) groups excluding carboxylic acids is 2. The lowest BCUT2D eigenvalue weighted by molar-refractivity contribution is -0.920. The number of quaternary nitrogens is 1. The molecule has 0 radical (unpaired) electrons. The van der Waals surface area contributed by atoms with Crippen LogP contribution in [0.25, 0.3) is 0 Å². The summed E-state index contributed by atoms with van der Waals surface area (Å²) in [5, 5.41) is 0. The molecule has 3 aliphatic rings. The molecule has 2 amide bonds. The summed E-state index contributed by atoms with van der Waals surface area (Å²) in [6, 6.07) is 5.73. The maximum absolute atomic E-state index is 13.0. The summed E-state index contributed by atoms with van der Waals surface area (Å²) >= 11 is 0. The van der Waals surface area contributed by atoms with Crippen LogP contribution in [-0.2, 0) is 24.3 Å². The van der Waals surface area contributed by atoms with Gasteiger partial charge in [0.15, 0.2) is 6.04 Å². The van der Waals surface area contributed by atoms with E-state index >= 15 is 0 Å². The number of likely N-dealkylation sites (tertiary alicyclic amines) is 1. The molecule has 1 atom stereocenters. The van der Waals surface area contributed by atoms with Crippen LogP contribution in [0.3, 0.4) is 0 Å². The van der Waals surface area contributed by atoms with Gasteiger partial charge in [0.1, 0.15) is 0 Å². The molecule has 0 spiro atoms. The molecule has 4 rings (SSSR count). The van der Waals surface area contributed by atoms with Gasteiger partial charge in [0.2, 0.25) is 15.9 Å². The molecule has 0 unspecified atom stereocenters. The lowest BCUT2D eigenvalue weighted by Gasteiger charge is -2.30. The van der Waals surface area contributed by atoms with Gasteiger partial charge < -0.3 is 9.64 Å². The molecule has 0 bridgehead atoms. The Morgan fingerprint density at radius 1 is 1.03 bits per heavy atom. The fraction of sp³-hybridized carbons (Fsp3) is 0.600. The predicted molar refractivity (Wildman–Crippen MR) is 106 cm³/mol. The van der Waals surface area contributed by atoms with E-state index in [4.69, 9.17) is 4.74 Å². The van der Waals surface area contributed by atoms with Crippen LogP contribution in [0.4, 0.5) is 5.69 Å². The van der Waals surface area contributed by atoms with Crippen LogP contribution in [0.15, 0.2) is 29.2 Å². The second-order valence-corrected chi connectivity index (χ2v) is 10.1. The monoisotopic (exact) mass is 422 g/mol. The molecule has 1 aromatic carbocycles. The van der Waals surface area contributed by atoms with E-state index in [0.29, 0.717) is 37.9 Å². The Morgan fingerprint density at radius 3 is 2.28 bits per heavy atom. The van der Waals surface area contributed by atoms with Crippen LogP contribution in [-0.4, -0.2) is 70.0 Å². The van der Waals surface area contributed by atoms with Crippen LogP contribution in [0.5, 0.6) is 0 Å². The molecule has 0 aliphatic carbocycles. The molecule has 3 fully saturated rings. The van der Waals surface area contributed by atoms with Crippen molar-refractivity contribution in [2.45, 2.75) is 37.1 Å². The van der Waals surface area contributed by atoms with Crippen molar-refractivity contribution in [1.29, 1.82) is 0 Å². The van der Waals surface area contributed by atoms with Crippen LogP contribution in [0.1, 0.15) is 26.2 Å². The fourth-order valence-electron chi connectivity index (χ4n) is 4.41. The van der Waals surface area contributed by atoms with Crippen LogP contribution in [0.2, 0.25) is 0 Å². The number of amides is 2. The van der Waals surface area contributed by atoms with Crippen LogP contribution < -0.4 is 9.80 Å². The van der Waals surface area contributed by atoms with Crippen molar-refractivity contribution in [1.82, 2.24) is 4.31 Å². The number of imide groups is 1. The topological polar surface area (TPSA) is 88.4 Å². The van der Waals surface area contributed by atoms with E-state index in [1.54, 1.807) is 12.1 Å². The normalized spacial score (nSPS) is 29.4. The maximum Gasteiger partial charge on any atom is 0.292 e. The summed E-state index contributed by atoms with van der Waals surface area (Å²) in [5.74, 6) is 0.279. The van der Waals surface area contributed by atoms with E-state index in [1.165, 1.54) is 26.2 Å². The Kier molecular flexibility index (Phi) is 5.74. The number of morpholine rings is 1. The first-order valence-electron chi connectivity index (χ1n) is 10.3. The Bertz CT molecular complexity index is 872. The number of nitrogens with one attached hydrogen (secondary N) is 1. The van der Waals surface area contributed by atoms with Gasteiger partial charge in [0.25, 0.3) is 5.91 Å². The van der Waals surface area contributed by atoms with Crippen LogP contribution in [0, 0.1) is 5.92 Å². The molecule has 0 aromatic heterocycles. The van der Waals surface area contributed by atoms with Crippen molar-refractivity contribution in [2.24, 2.45) is 5.92 Å². The average molecular weight is 423 g/mol. The van der Waals surface area contributed by atoms with Crippen molar-refractivity contribution in [3.05, 3.63) is 24.3 Å². The first kappa shape index (κ1) is 20.5. The van der Waals surface area contributed by atoms with Gasteiger partial charge in [-0.15, -0.1) is 0 Å². The summed E-state index contributed by atoms with van der Waals surface area (Å²) < 4.78 is 32.1. The summed E-state index contributed by atoms with van der Waals surface area (Å²) in [6.07, 6.45) is 2.36. The summed E-state index contributed by atoms with van der Waals surface area (Å²) in [7, 11) is -3.60. The summed E-state index contributed by atoms with van der Waals surface area (Å²) in [6.45, 7) is 5.46. The zero-order valence-corrected chi connectivity index (χ0v) is 17.5. The number of anilines is 1. The number of hydrogen-bond donors (Lipinski definition) is 1. The Hall–Kier alpha value is -1.81. The zero-order chi connectivity index (χ0) is 20.6. The molecule has 8 nitrogen and oxygen atoms in total. The fourth-order valence-corrected chi connectivity index (χ4v) is 5.81. The van der Waals surface area contributed by atoms with Crippen molar-refractivity contribution >= 4 is 27.5 Å². The average Bonchev–Trinajstić information content (AvgIpc) is 3.03. The van der Waals surface area contributed by atoms with E-state index < -0.39 is 10.0 Å². The third-order valence-corrected chi connectivity index (χ3v) is 8.17. The lowest BCUT2D eigenvalue weighted by Crippen LogP contribution is -3.17. The highest BCUT2D eigenvalue weighted by molar-refractivity contribution is 7.89. The minimum atomic E-state index is -3.60. The van der Waals surface area contributed by atoms with Crippen molar-refractivity contribution in [3.8, 4) is 0 Å². The molecule has 1 aromatic rings.